The predicted octanol–water partition coefficient (Wildman–Crippen LogP) is 3.87. The van der Waals surface area contributed by atoms with E-state index in [-0.39, 0.29) is 11.1 Å². The molecule has 0 spiro atoms. The molecule has 0 aliphatic rings. The fraction of sp³-hybridized carbons (Fsp3) is 0. The highest BCUT2D eigenvalue weighted by Gasteiger charge is 2.04. The highest BCUT2D eigenvalue weighted by atomic mass is 16.6. The number of fused-ring (bicyclic) bond motifs is 1. The summed E-state index contributed by atoms with van der Waals surface area (Å²) in [6.07, 6.45) is 4.76. The third-order valence-electron chi connectivity index (χ3n) is 3.27. The van der Waals surface area contributed by atoms with Crippen molar-refractivity contribution >= 4 is 28.8 Å². The van der Waals surface area contributed by atoms with Crippen LogP contribution in [-0.2, 0) is 0 Å². The molecule has 108 valence electrons. The first-order valence-corrected chi connectivity index (χ1v) is 6.58. The molecule has 3 rings (SSSR count). The molecule has 5 heteroatoms. The van der Waals surface area contributed by atoms with Gasteiger partial charge in [0, 0.05) is 12.1 Å². The van der Waals surface area contributed by atoms with Crippen molar-refractivity contribution in [1.82, 2.24) is 0 Å². The largest absolute Gasteiger partial charge is 0.463 e. The Hall–Kier alpha value is -3.21. The topological polar surface area (TPSA) is 73.3 Å². The molecule has 0 atom stereocenters. The molecule has 0 radical (unpaired) electrons. The lowest BCUT2D eigenvalue weighted by Gasteiger charge is -1.98. The lowest BCUT2D eigenvalue weighted by molar-refractivity contribution is -0.384. The summed E-state index contributed by atoms with van der Waals surface area (Å²) < 4.78 is 5.42. The van der Waals surface area contributed by atoms with Crippen molar-refractivity contribution in [3.05, 3.63) is 86.3 Å². The summed E-state index contributed by atoms with van der Waals surface area (Å²) in [5, 5.41) is 11.1. The van der Waals surface area contributed by atoms with E-state index in [9.17, 15) is 14.9 Å². The van der Waals surface area contributed by atoms with Gasteiger partial charge in [0.15, 0.2) is 5.43 Å². The Bertz CT molecular complexity index is 923. The summed E-state index contributed by atoms with van der Waals surface area (Å²) >= 11 is 0. The van der Waals surface area contributed by atoms with Crippen LogP contribution >= 0.6 is 0 Å². The van der Waals surface area contributed by atoms with Crippen LogP contribution in [0, 0.1) is 10.1 Å². The summed E-state index contributed by atoms with van der Waals surface area (Å²) in [5.74, 6) is 0. The minimum atomic E-state index is -0.453. The van der Waals surface area contributed by atoms with Crippen LogP contribution in [0.15, 0.2) is 64.0 Å². The number of hydrogen-bond donors (Lipinski definition) is 0. The Labute approximate surface area is 125 Å². The first-order valence-electron chi connectivity index (χ1n) is 6.58. The fourth-order valence-corrected chi connectivity index (χ4v) is 2.10. The van der Waals surface area contributed by atoms with Gasteiger partial charge in [-0.3, -0.25) is 14.9 Å². The van der Waals surface area contributed by atoms with Crippen molar-refractivity contribution < 1.29 is 9.34 Å². The van der Waals surface area contributed by atoms with E-state index < -0.39 is 4.92 Å². The number of nitro groups is 1. The molecule has 2 aromatic carbocycles. The maximum absolute atomic E-state index is 12.3. The van der Waals surface area contributed by atoms with Crippen LogP contribution in [0.1, 0.15) is 11.1 Å². The molecule has 0 aliphatic carbocycles. The molecule has 1 aromatic heterocycles. The fourth-order valence-electron chi connectivity index (χ4n) is 2.10. The zero-order valence-electron chi connectivity index (χ0n) is 11.4. The second kappa shape index (κ2) is 5.65. The number of benzene rings is 2. The van der Waals surface area contributed by atoms with Crippen molar-refractivity contribution in [2.24, 2.45) is 0 Å². The van der Waals surface area contributed by atoms with E-state index in [1.165, 1.54) is 18.4 Å². The molecule has 0 bridgehead atoms. The van der Waals surface area contributed by atoms with Gasteiger partial charge in [0.1, 0.15) is 11.8 Å². The molecular weight excluding hydrogens is 282 g/mol. The highest BCUT2D eigenvalue weighted by Crippen LogP contribution is 2.15. The monoisotopic (exact) mass is 293 g/mol. The van der Waals surface area contributed by atoms with Crippen LogP contribution in [0.3, 0.4) is 0 Å². The van der Waals surface area contributed by atoms with E-state index in [1.807, 2.05) is 0 Å². The third-order valence-corrected chi connectivity index (χ3v) is 3.27. The molecule has 5 nitrogen and oxygen atoms in total. The molecule has 0 saturated heterocycles. The van der Waals surface area contributed by atoms with Crippen LogP contribution in [0.2, 0.25) is 0 Å². The third kappa shape index (κ3) is 2.64. The Morgan fingerprint density at radius 2 is 1.73 bits per heavy atom. The van der Waals surface area contributed by atoms with Gasteiger partial charge < -0.3 is 4.42 Å². The highest BCUT2D eigenvalue weighted by molar-refractivity contribution is 5.80. The molecular formula is C17H11NO4. The van der Waals surface area contributed by atoms with E-state index in [4.69, 9.17) is 4.42 Å². The van der Waals surface area contributed by atoms with Gasteiger partial charge in [-0.15, -0.1) is 0 Å². The zero-order valence-corrected chi connectivity index (χ0v) is 11.4. The van der Waals surface area contributed by atoms with Gasteiger partial charge in [-0.25, -0.2) is 0 Å². The van der Waals surface area contributed by atoms with Crippen LogP contribution in [0.5, 0.6) is 0 Å². The standard InChI is InChI=1S/C17H11NO4/c19-17-13(11-22-16-4-2-1-3-15(16)17)8-5-12-6-9-14(10-7-12)18(20)21/h1-11H. The molecule has 3 aromatic rings. The minimum absolute atomic E-state index is 0.0300. The van der Waals surface area contributed by atoms with Gasteiger partial charge >= 0.3 is 0 Å². The average molecular weight is 293 g/mol. The van der Waals surface area contributed by atoms with Gasteiger partial charge in [-0.1, -0.05) is 18.2 Å². The summed E-state index contributed by atoms with van der Waals surface area (Å²) in [4.78, 5) is 22.4. The quantitative estimate of drug-likeness (QED) is 0.542. The van der Waals surface area contributed by atoms with E-state index in [0.29, 0.717) is 16.5 Å². The molecule has 0 fully saturated rings. The Balaban J connectivity index is 1.94. The van der Waals surface area contributed by atoms with Gasteiger partial charge in [-0.2, -0.15) is 0 Å². The maximum atomic E-state index is 12.3. The summed E-state index contributed by atoms with van der Waals surface area (Å²) in [7, 11) is 0. The van der Waals surface area contributed by atoms with E-state index in [2.05, 4.69) is 0 Å². The van der Waals surface area contributed by atoms with E-state index >= 15 is 0 Å². The Morgan fingerprint density at radius 1 is 1.00 bits per heavy atom. The summed E-state index contributed by atoms with van der Waals surface area (Å²) in [6.45, 7) is 0. The van der Waals surface area contributed by atoms with Crippen LogP contribution < -0.4 is 5.43 Å². The molecule has 0 N–H and O–H groups in total. The number of non-ortho nitro benzene ring substituents is 1. The number of nitrogens with zero attached hydrogens (tertiary/aromatic N) is 1. The number of rotatable bonds is 3. The number of hydrogen-bond acceptors (Lipinski definition) is 4. The van der Waals surface area contributed by atoms with Crippen LogP contribution in [0.4, 0.5) is 5.69 Å². The number of para-hydroxylation sites is 1. The molecule has 0 saturated carbocycles. The van der Waals surface area contributed by atoms with Gasteiger partial charge in [0.25, 0.3) is 5.69 Å². The van der Waals surface area contributed by atoms with Gasteiger partial charge in [0.05, 0.1) is 15.9 Å². The van der Waals surface area contributed by atoms with Crippen molar-refractivity contribution in [3.8, 4) is 0 Å². The smallest absolute Gasteiger partial charge is 0.269 e. The van der Waals surface area contributed by atoms with Gasteiger partial charge in [0.2, 0.25) is 0 Å². The average Bonchev–Trinajstić information content (AvgIpc) is 2.55. The summed E-state index contributed by atoms with van der Waals surface area (Å²) in [6, 6.07) is 13.1. The van der Waals surface area contributed by atoms with E-state index in [1.54, 1.807) is 48.6 Å². The van der Waals surface area contributed by atoms with Crippen molar-refractivity contribution in [2.75, 3.05) is 0 Å². The second-order valence-electron chi connectivity index (χ2n) is 4.70. The summed E-state index contributed by atoms with van der Waals surface area (Å²) in [5.41, 5.74) is 1.65. The zero-order chi connectivity index (χ0) is 15.5. The maximum Gasteiger partial charge on any atom is 0.269 e. The lowest BCUT2D eigenvalue weighted by Crippen LogP contribution is -2.04. The van der Waals surface area contributed by atoms with Crippen LogP contribution in [0.25, 0.3) is 23.1 Å². The molecule has 22 heavy (non-hydrogen) atoms. The van der Waals surface area contributed by atoms with Crippen molar-refractivity contribution in [3.63, 3.8) is 0 Å². The second-order valence-corrected chi connectivity index (χ2v) is 4.70. The molecule has 1 heterocycles. The van der Waals surface area contributed by atoms with E-state index in [0.717, 1.165) is 5.56 Å². The minimum Gasteiger partial charge on any atom is -0.463 e. The Kier molecular flexibility index (Phi) is 3.53. The predicted molar refractivity (Wildman–Crippen MR) is 84.5 cm³/mol. The normalized spacial score (nSPS) is 11.1. The van der Waals surface area contributed by atoms with Crippen LogP contribution in [-0.4, -0.2) is 4.92 Å². The van der Waals surface area contributed by atoms with Crippen molar-refractivity contribution in [2.45, 2.75) is 0 Å². The SMILES string of the molecule is O=c1c(C=Cc2ccc([N+](=O)[O-])cc2)coc2ccccc12. The molecule has 0 amide bonds. The first kappa shape index (κ1) is 13.8. The molecule has 0 aliphatic heterocycles. The number of nitro benzene ring substituents is 1. The van der Waals surface area contributed by atoms with Crippen molar-refractivity contribution in [1.29, 1.82) is 0 Å². The first-order chi connectivity index (χ1) is 10.6. The van der Waals surface area contributed by atoms with Gasteiger partial charge in [-0.05, 0) is 35.9 Å². The Morgan fingerprint density at radius 3 is 2.45 bits per heavy atom. The lowest BCUT2D eigenvalue weighted by atomic mass is 10.1. The molecule has 0 unspecified atom stereocenters.